The summed E-state index contributed by atoms with van der Waals surface area (Å²) in [5.41, 5.74) is 1.72. The first-order valence-electron chi connectivity index (χ1n) is 6.88. The fraction of sp³-hybridized carbons (Fsp3) is 0.0625. The first kappa shape index (κ1) is 15.1. The van der Waals surface area contributed by atoms with Crippen molar-refractivity contribution in [2.75, 3.05) is 5.32 Å². The molecule has 7 heteroatoms. The third kappa shape index (κ3) is 3.02. The second-order valence-electron chi connectivity index (χ2n) is 4.92. The molecule has 3 rings (SSSR count). The monoisotopic (exact) mass is 328 g/mol. The fourth-order valence-electron chi connectivity index (χ4n) is 2.28. The second-order valence-corrected chi connectivity index (χ2v) is 5.36. The number of nitrogens with zero attached hydrogens (tertiary/aromatic N) is 3. The van der Waals surface area contributed by atoms with Crippen LogP contribution in [0.1, 0.15) is 5.69 Å². The number of hydrogen-bond acceptors (Lipinski definition) is 4. The Kier molecular flexibility index (Phi) is 3.99. The smallest absolute Gasteiger partial charge is 0.334 e. The number of para-hydroxylation sites is 1. The fourth-order valence-corrected chi connectivity index (χ4v) is 2.40. The summed E-state index contributed by atoms with van der Waals surface area (Å²) in [7, 11) is 0. The molecule has 0 unspecified atom stereocenters. The van der Waals surface area contributed by atoms with Gasteiger partial charge >= 0.3 is 5.69 Å². The van der Waals surface area contributed by atoms with Gasteiger partial charge in [0.25, 0.3) is 0 Å². The van der Waals surface area contributed by atoms with Crippen LogP contribution in [0.5, 0.6) is 0 Å². The summed E-state index contributed by atoms with van der Waals surface area (Å²) >= 11 is 5.87. The zero-order chi connectivity index (χ0) is 16.4. The summed E-state index contributed by atoms with van der Waals surface area (Å²) in [6.07, 6.45) is 0. The first-order valence-corrected chi connectivity index (χ1v) is 7.26. The number of benzene rings is 2. The molecule has 0 bridgehead atoms. The minimum Gasteiger partial charge on any atom is -0.334 e. The van der Waals surface area contributed by atoms with Crippen molar-refractivity contribution in [2.45, 2.75) is 6.92 Å². The molecule has 2 aromatic carbocycles. The van der Waals surface area contributed by atoms with Crippen molar-refractivity contribution in [1.82, 2.24) is 9.78 Å². The summed E-state index contributed by atoms with van der Waals surface area (Å²) in [6.45, 7) is 1.62. The van der Waals surface area contributed by atoms with Crippen LogP contribution < -0.4 is 5.32 Å². The van der Waals surface area contributed by atoms with Gasteiger partial charge in [0, 0.05) is 10.7 Å². The largest absolute Gasteiger partial charge is 0.334 e. The molecule has 0 radical (unpaired) electrons. The van der Waals surface area contributed by atoms with Gasteiger partial charge in [-0.2, -0.15) is 5.10 Å². The molecule has 1 N–H and O–H groups in total. The Labute approximate surface area is 137 Å². The molecule has 0 aliphatic rings. The van der Waals surface area contributed by atoms with Crippen molar-refractivity contribution in [3.63, 3.8) is 0 Å². The minimum atomic E-state index is -0.431. The lowest BCUT2D eigenvalue weighted by Crippen LogP contribution is -2.03. The number of nitro groups is 1. The molecule has 0 fully saturated rings. The van der Waals surface area contributed by atoms with Crippen molar-refractivity contribution < 1.29 is 4.92 Å². The van der Waals surface area contributed by atoms with Crippen molar-refractivity contribution in [2.24, 2.45) is 0 Å². The van der Waals surface area contributed by atoms with E-state index in [2.05, 4.69) is 10.4 Å². The number of nitrogens with one attached hydrogen (secondary N) is 1. The van der Waals surface area contributed by atoms with Gasteiger partial charge in [-0.15, -0.1) is 0 Å². The third-order valence-corrected chi connectivity index (χ3v) is 3.57. The average molecular weight is 329 g/mol. The minimum absolute atomic E-state index is 0.0520. The van der Waals surface area contributed by atoms with Crippen LogP contribution in [0.15, 0.2) is 54.6 Å². The Bertz CT molecular complexity index is 845. The molecule has 3 aromatic rings. The number of aryl methyl sites for hydroxylation is 1. The molecule has 1 heterocycles. The lowest BCUT2D eigenvalue weighted by Gasteiger charge is -2.09. The molecular formula is C16H13ClN4O2. The number of anilines is 2. The van der Waals surface area contributed by atoms with Crippen LogP contribution in [0.3, 0.4) is 0 Å². The Morgan fingerprint density at radius 3 is 2.39 bits per heavy atom. The van der Waals surface area contributed by atoms with Gasteiger partial charge in [-0.25, -0.2) is 4.68 Å². The van der Waals surface area contributed by atoms with Crippen molar-refractivity contribution in [3.05, 3.63) is 75.4 Å². The highest BCUT2D eigenvalue weighted by Crippen LogP contribution is 2.33. The van der Waals surface area contributed by atoms with Gasteiger partial charge in [-0.05, 0) is 43.3 Å². The summed E-state index contributed by atoms with van der Waals surface area (Å²) in [5, 5.41) is 19.4. The van der Waals surface area contributed by atoms with E-state index in [1.165, 1.54) is 4.68 Å². The highest BCUT2D eigenvalue weighted by molar-refractivity contribution is 6.30. The summed E-state index contributed by atoms with van der Waals surface area (Å²) in [5.74, 6) is 0.307. The highest BCUT2D eigenvalue weighted by Gasteiger charge is 2.26. The number of halogens is 1. The van der Waals surface area contributed by atoms with E-state index in [0.717, 1.165) is 5.69 Å². The number of aromatic nitrogens is 2. The molecule has 0 aliphatic carbocycles. The van der Waals surface area contributed by atoms with E-state index >= 15 is 0 Å². The number of rotatable bonds is 4. The lowest BCUT2D eigenvalue weighted by atomic mass is 10.3. The van der Waals surface area contributed by atoms with E-state index in [0.29, 0.717) is 22.2 Å². The van der Waals surface area contributed by atoms with Crippen molar-refractivity contribution >= 4 is 28.8 Å². The van der Waals surface area contributed by atoms with E-state index in [1.807, 2.05) is 30.3 Å². The molecule has 6 nitrogen and oxygen atoms in total. The van der Waals surface area contributed by atoms with Crippen LogP contribution in [0, 0.1) is 17.0 Å². The molecule has 1 aromatic heterocycles. The lowest BCUT2D eigenvalue weighted by molar-refractivity contribution is -0.384. The molecule has 0 aliphatic heterocycles. The van der Waals surface area contributed by atoms with E-state index in [-0.39, 0.29) is 5.69 Å². The molecule has 0 saturated heterocycles. The summed E-state index contributed by atoms with van der Waals surface area (Å²) < 4.78 is 1.53. The molecular weight excluding hydrogens is 316 g/mol. The first-order chi connectivity index (χ1) is 11.1. The molecule has 116 valence electrons. The maximum Gasteiger partial charge on any atom is 0.334 e. The van der Waals surface area contributed by atoms with Crippen LogP contribution in [0.2, 0.25) is 5.02 Å². The van der Waals surface area contributed by atoms with Gasteiger partial charge in [0.05, 0.1) is 10.6 Å². The van der Waals surface area contributed by atoms with Crippen molar-refractivity contribution in [1.29, 1.82) is 0 Å². The van der Waals surface area contributed by atoms with Crippen LogP contribution in [-0.4, -0.2) is 14.7 Å². The van der Waals surface area contributed by atoms with Crippen LogP contribution in [-0.2, 0) is 0 Å². The molecule has 0 spiro atoms. The third-order valence-electron chi connectivity index (χ3n) is 3.32. The zero-order valence-electron chi connectivity index (χ0n) is 12.2. The normalized spacial score (nSPS) is 10.5. The van der Waals surface area contributed by atoms with Crippen LogP contribution in [0.25, 0.3) is 5.69 Å². The highest BCUT2D eigenvalue weighted by atomic mass is 35.5. The topological polar surface area (TPSA) is 73.0 Å². The van der Waals surface area contributed by atoms with Gasteiger partial charge in [0.1, 0.15) is 5.69 Å². The van der Waals surface area contributed by atoms with Crippen molar-refractivity contribution in [3.8, 4) is 5.69 Å². The summed E-state index contributed by atoms with van der Waals surface area (Å²) in [6, 6.07) is 16.2. The zero-order valence-corrected chi connectivity index (χ0v) is 13.0. The Morgan fingerprint density at radius 1 is 1.13 bits per heavy atom. The molecule has 0 atom stereocenters. The van der Waals surface area contributed by atoms with Crippen LogP contribution in [0.4, 0.5) is 17.2 Å². The Balaban J connectivity index is 2.12. The molecule has 0 saturated carbocycles. The Hall–Kier alpha value is -2.86. The predicted molar refractivity (Wildman–Crippen MR) is 89.7 cm³/mol. The van der Waals surface area contributed by atoms with E-state index in [9.17, 15) is 10.1 Å². The maximum atomic E-state index is 11.4. The standard InChI is InChI=1S/C16H13ClN4O2/c1-11-15(21(22)23)16(18-13-9-7-12(17)8-10-13)20(19-11)14-5-3-2-4-6-14/h2-10,18H,1H3. The van der Waals surface area contributed by atoms with Gasteiger partial charge in [-0.3, -0.25) is 10.1 Å². The quantitative estimate of drug-likeness (QED) is 0.566. The van der Waals surface area contributed by atoms with Gasteiger partial charge in [0.2, 0.25) is 5.82 Å². The summed E-state index contributed by atoms with van der Waals surface area (Å²) in [4.78, 5) is 11.0. The predicted octanol–water partition coefficient (Wildman–Crippen LogP) is 4.49. The maximum absolute atomic E-state index is 11.4. The van der Waals surface area contributed by atoms with E-state index in [4.69, 9.17) is 11.6 Å². The molecule has 0 amide bonds. The SMILES string of the molecule is Cc1nn(-c2ccccc2)c(Nc2ccc(Cl)cc2)c1[N+](=O)[O-]. The average Bonchev–Trinajstić information content (AvgIpc) is 2.87. The number of hydrogen-bond donors (Lipinski definition) is 1. The van der Waals surface area contributed by atoms with Crippen LogP contribution >= 0.6 is 11.6 Å². The van der Waals surface area contributed by atoms with Gasteiger partial charge < -0.3 is 5.32 Å². The second kappa shape index (κ2) is 6.10. The van der Waals surface area contributed by atoms with Gasteiger partial charge in [-0.1, -0.05) is 29.8 Å². The molecule has 23 heavy (non-hydrogen) atoms. The Morgan fingerprint density at radius 2 is 1.78 bits per heavy atom. The van der Waals surface area contributed by atoms with Gasteiger partial charge in [0.15, 0.2) is 0 Å². The van der Waals surface area contributed by atoms with E-state index in [1.54, 1.807) is 31.2 Å². The van der Waals surface area contributed by atoms with E-state index < -0.39 is 4.92 Å².